The van der Waals surface area contributed by atoms with Crippen LogP contribution in [-0.4, -0.2) is 19.1 Å². The van der Waals surface area contributed by atoms with Crippen LogP contribution in [0.4, 0.5) is 0 Å². The van der Waals surface area contributed by atoms with Crippen molar-refractivity contribution in [3.05, 3.63) is 34.9 Å². The van der Waals surface area contributed by atoms with Gasteiger partial charge in [0.25, 0.3) is 0 Å². The predicted octanol–water partition coefficient (Wildman–Crippen LogP) is 2.86. The minimum atomic E-state index is -0.389. The van der Waals surface area contributed by atoms with E-state index in [2.05, 4.69) is 32.0 Å². The van der Waals surface area contributed by atoms with Gasteiger partial charge in [-0.15, -0.1) is 0 Å². The van der Waals surface area contributed by atoms with Crippen LogP contribution >= 0.6 is 0 Å². The highest BCUT2D eigenvalue weighted by molar-refractivity contribution is 5.71. The van der Waals surface area contributed by atoms with Gasteiger partial charge in [-0.05, 0) is 37.0 Å². The molecule has 106 valence electrons. The van der Waals surface area contributed by atoms with Gasteiger partial charge in [0.2, 0.25) is 0 Å². The Kier molecular flexibility index (Phi) is 5.12. The van der Waals surface area contributed by atoms with Gasteiger partial charge in [0.1, 0.15) is 0 Å². The summed E-state index contributed by atoms with van der Waals surface area (Å²) in [5.74, 6) is -0.218. The lowest BCUT2D eigenvalue weighted by molar-refractivity contribution is -0.142. The molecule has 0 saturated carbocycles. The molecule has 0 aliphatic rings. The molecule has 0 amide bonds. The zero-order chi connectivity index (χ0) is 14.6. The SMILES string of the molecule is CCC(N)C(C)(CC(=O)OC)c1ccc(C)c(C)c1. The van der Waals surface area contributed by atoms with E-state index in [0.717, 1.165) is 12.0 Å². The number of ether oxygens (including phenoxy) is 1. The Hall–Kier alpha value is -1.35. The summed E-state index contributed by atoms with van der Waals surface area (Å²) in [7, 11) is 1.42. The number of methoxy groups -OCH3 is 1. The predicted molar refractivity (Wildman–Crippen MR) is 78.2 cm³/mol. The standard InChI is InChI=1S/C16H25NO2/c1-6-14(17)16(4,10-15(18)19-5)13-8-7-11(2)12(3)9-13/h7-9,14H,6,10,17H2,1-5H3. The van der Waals surface area contributed by atoms with Crippen molar-refractivity contribution in [2.75, 3.05) is 7.11 Å². The van der Waals surface area contributed by atoms with Gasteiger partial charge >= 0.3 is 5.97 Å². The van der Waals surface area contributed by atoms with Gasteiger partial charge in [0, 0.05) is 11.5 Å². The van der Waals surface area contributed by atoms with Crippen LogP contribution < -0.4 is 5.73 Å². The number of benzene rings is 1. The zero-order valence-corrected chi connectivity index (χ0v) is 12.6. The largest absolute Gasteiger partial charge is 0.469 e. The summed E-state index contributed by atoms with van der Waals surface area (Å²) in [5.41, 5.74) is 9.45. The van der Waals surface area contributed by atoms with Gasteiger partial charge < -0.3 is 10.5 Å². The molecule has 0 fully saturated rings. The fourth-order valence-corrected chi connectivity index (χ4v) is 2.37. The van der Waals surface area contributed by atoms with Crippen molar-refractivity contribution >= 4 is 5.97 Å². The maximum Gasteiger partial charge on any atom is 0.306 e. The number of esters is 1. The molecule has 0 radical (unpaired) electrons. The van der Waals surface area contributed by atoms with Crippen molar-refractivity contribution in [1.82, 2.24) is 0 Å². The zero-order valence-electron chi connectivity index (χ0n) is 12.6. The first-order chi connectivity index (χ1) is 8.85. The molecule has 2 atom stereocenters. The number of nitrogens with two attached hydrogens (primary N) is 1. The van der Waals surface area contributed by atoms with Crippen molar-refractivity contribution in [1.29, 1.82) is 0 Å². The second-order valence-electron chi connectivity index (χ2n) is 5.48. The summed E-state index contributed by atoms with van der Waals surface area (Å²) in [5, 5.41) is 0. The molecule has 0 saturated heterocycles. The first-order valence-corrected chi connectivity index (χ1v) is 6.75. The first kappa shape index (κ1) is 15.7. The molecular weight excluding hydrogens is 238 g/mol. The summed E-state index contributed by atoms with van der Waals surface area (Å²) < 4.78 is 4.82. The number of carbonyl (C=O) groups is 1. The Morgan fingerprint density at radius 3 is 2.47 bits per heavy atom. The molecule has 0 spiro atoms. The molecular formula is C16H25NO2. The van der Waals surface area contributed by atoms with Crippen LogP contribution in [-0.2, 0) is 14.9 Å². The summed E-state index contributed by atoms with van der Waals surface area (Å²) in [6.45, 7) is 8.24. The Balaban J connectivity index is 3.22. The number of hydrogen-bond donors (Lipinski definition) is 1. The van der Waals surface area contributed by atoms with E-state index in [-0.39, 0.29) is 17.4 Å². The van der Waals surface area contributed by atoms with E-state index in [1.54, 1.807) is 0 Å². The molecule has 2 unspecified atom stereocenters. The minimum absolute atomic E-state index is 0.0753. The van der Waals surface area contributed by atoms with Crippen molar-refractivity contribution in [2.24, 2.45) is 5.73 Å². The van der Waals surface area contributed by atoms with Crippen LogP contribution in [0.1, 0.15) is 43.4 Å². The molecule has 2 N–H and O–H groups in total. The van der Waals surface area contributed by atoms with Crippen LogP contribution in [0.3, 0.4) is 0 Å². The lowest BCUT2D eigenvalue weighted by atomic mass is 9.72. The fraction of sp³-hybridized carbons (Fsp3) is 0.562. The van der Waals surface area contributed by atoms with E-state index in [9.17, 15) is 4.79 Å². The number of carbonyl (C=O) groups excluding carboxylic acids is 1. The first-order valence-electron chi connectivity index (χ1n) is 6.75. The van der Waals surface area contributed by atoms with Crippen LogP contribution in [0, 0.1) is 13.8 Å². The molecule has 19 heavy (non-hydrogen) atoms. The minimum Gasteiger partial charge on any atom is -0.469 e. The Bertz CT molecular complexity index is 456. The van der Waals surface area contributed by atoms with Crippen molar-refractivity contribution in [3.63, 3.8) is 0 Å². The highest BCUT2D eigenvalue weighted by Gasteiger charge is 2.35. The quantitative estimate of drug-likeness (QED) is 0.831. The number of aryl methyl sites for hydroxylation is 2. The van der Waals surface area contributed by atoms with E-state index in [4.69, 9.17) is 10.5 Å². The third kappa shape index (κ3) is 3.35. The molecule has 1 aromatic carbocycles. The molecule has 3 heteroatoms. The molecule has 0 aliphatic heterocycles. The summed E-state index contributed by atoms with van der Waals surface area (Å²) in [4.78, 5) is 11.7. The van der Waals surface area contributed by atoms with Crippen LogP contribution in [0.15, 0.2) is 18.2 Å². The highest BCUT2D eigenvalue weighted by atomic mass is 16.5. The summed E-state index contributed by atoms with van der Waals surface area (Å²) >= 11 is 0. The van der Waals surface area contributed by atoms with Gasteiger partial charge in [-0.2, -0.15) is 0 Å². The van der Waals surface area contributed by atoms with Crippen molar-refractivity contribution in [2.45, 2.75) is 52.0 Å². The van der Waals surface area contributed by atoms with Crippen LogP contribution in [0.5, 0.6) is 0 Å². The summed E-state index contributed by atoms with van der Waals surface area (Å²) in [6, 6.07) is 6.21. The van der Waals surface area contributed by atoms with E-state index in [1.807, 2.05) is 13.8 Å². The van der Waals surface area contributed by atoms with Gasteiger partial charge in [-0.25, -0.2) is 0 Å². The maximum atomic E-state index is 11.7. The average molecular weight is 263 g/mol. The summed E-state index contributed by atoms with van der Waals surface area (Å²) in [6.07, 6.45) is 1.13. The third-order valence-corrected chi connectivity index (χ3v) is 4.16. The van der Waals surface area contributed by atoms with Crippen molar-refractivity contribution in [3.8, 4) is 0 Å². The molecule has 1 aromatic rings. The van der Waals surface area contributed by atoms with Gasteiger partial charge in [0.15, 0.2) is 0 Å². The average Bonchev–Trinajstić information content (AvgIpc) is 2.40. The third-order valence-electron chi connectivity index (χ3n) is 4.16. The van der Waals surface area contributed by atoms with Gasteiger partial charge in [-0.1, -0.05) is 32.0 Å². The van der Waals surface area contributed by atoms with E-state index >= 15 is 0 Å². The Morgan fingerprint density at radius 1 is 1.37 bits per heavy atom. The Labute approximate surface area is 116 Å². The molecule has 0 aromatic heterocycles. The lowest BCUT2D eigenvalue weighted by Gasteiger charge is -2.35. The van der Waals surface area contributed by atoms with E-state index in [0.29, 0.717) is 6.42 Å². The maximum absolute atomic E-state index is 11.7. The molecule has 0 heterocycles. The van der Waals surface area contributed by atoms with Crippen molar-refractivity contribution < 1.29 is 9.53 Å². The number of rotatable bonds is 5. The molecule has 0 aliphatic carbocycles. The second kappa shape index (κ2) is 6.20. The topological polar surface area (TPSA) is 52.3 Å². The van der Waals surface area contributed by atoms with E-state index < -0.39 is 0 Å². The van der Waals surface area contributed by atoms with Crippen LogP contribution in [0.2, 0.25) is 0 Å². The van der Waals surface area contributed by atoms with E-state index in [1.165, 1.54) is 18.2 Å². The Morgan fingerprint density at radius 2 is 2.00 bits per heavy atom. The number of hydrogen-bond acceptors (Lipinski definition) is 3. The second-order valence-corrected chi connectivity index (χ2v) is 5.48. The van der Waals surface area contributed by atoms with Crippen LogP contribution in [0.25, 0.3) is 0 Å². The van der Waals surface area contributed by atoms with Gasteiger partial charge in [0.05, 0.1) is 13.5 Å². The smallest absolute Gasteiger partial charge is 0.306 e. The molecule has 3 nitrogen and oxygen atoms in total. The molecule has 1 rings (SSSR count). The normalized spacial score (nSPS) is 15.7. The molecule has 0 bridgehead atoms. The van der Waals surface area contributed by atoms with Gasteiger partial charge in [-0.3, -0.25) is 4.79 Å². The highest BCUT2D eigenvalue weighted by Crippen LogP contribution is 2.33. The monoisotopic (exact) mass is 263 g/mol. The lowest BCUT2D eigenvalue weighted by Crippen LogP contribution is -2.44. The fourth-order valence-electron chi connectivity index (χ4n) is 2.37.